The van der Waals surface area contributed by atoms with Gasteiger partial charge in [-0.25, -0.2) is 5.01 Å². The standard InChI is InChI=1S/C20H27ClN2O2/c1-5-12-23(18-8-6-7-17(21)15-18)22(2)13-11-16-9-10-19(24-3)20(14-16)25-4/h6-10,14-15H,5,11-13H2,1-4H3. The summed E-state index contributed by atoms with van der Waals surface area (Å²) in [6.45, 7) is 4.02. The lowest BCUT2D eigenvalue weighted by atomic mass is 10.1. The molecule has 0 atom stereocenters. The van der Waals surface area contributed by atoms with Crippen molar-refractivity contribution in [3.05, 3.63) is 53.1 Å². The second-order valence-corrected chi connectivity index (χ2v) is 6.36. The maximum atomic E-state index is 6.16. The lowest BCUT2D eigenvalue weighted by molar-refractivity contribution is 0.306. The molecule has 0 aromatic heterocycles. The summed E-state index contributed by atoms with van der Waals surface area (Å²) < 4.78 is 10.7. The molecule has 4 nitrogen and oxygen atoms in total. The highest BCUT2D eigenvalue weighted by molar-refractivity contribution is 6.30. The Balaban J connectivity index is 2.07. The zero-order valence-corrected chi connectivity index (χ0v) is 16.2. The van der Waals surface area contributed by atoms with E-state index in [4.69, 9.17) is 21.1 Å². The topological polar surface area (TPSA) is 24.9 Å². The molecule has 0 aliphatic rings. The van der Waals surface area contributed by atoms with Crippen molar-refractivity contribution in [3.63, 3.8) is 0 Å². The summed E-state index contributed by atoms with van der Waals surface area (Å²) in [4.78, 5) is 0. The highest BCUT2D eigenvalue weighted by atomic mass is 35.5. The third-order valence-electron chi connectivity index (χ3n) is 4.13. The summed E-state index contributed by atoms with van der Waals surface area (Å²) in [5.74, 6) is 1.52. The van der Waals surface area contributed by atoms with Gasteiger partial charge in [-0.05, 0) is 48.7 Å². The zero-order chi connectivity index (χ0) is 18.2. The van der Waals surface area contributed by atoms with Crippen LogP contribution in [0.5, 0.6) is 11.5 Å². The quantitative estimate of drug-likeness (QED) is 0.605. The molecule has 0 radical (unpaired) electrons. The van der Waals surface area contributed by atoms with Crippen LogP contribution in [0.4, 0.5) is 5.69 Å². The van der Waals surface area contributed by atoms with Gasteiger partial charge in [-0.2, -0.15) is 0 Å². The Morgan fingerprint density at radius 2 is 1.72 bits per heavy atom. The molecule has 5 heteroatoms. The first-order chi connectivity index (χ1) is 12.1. The molecular weight excluding hydrogens is 336 g/mol. The van der Waals surface area contributed by atoms with Gasteiger partial charge in [-0.15, -0.1) is 0 Å². The molecule has 0 unspecified atom stereocenters. The van der Waals surface area contributed by atoms with E-state index in [0.717, 1.165) is 48.1 Å². The summed E-state index contributed by atoms with van der Waals surface area (Å²) >= 11 is 6.16. The molecule has 0 bridgehead atoms. The normalized spacial score (nSPS) is 10.8. The number of hydrogen-bond acceptors (Lipinski definition) is 4. The van der Waals surface area contributed by atoms with Crippen LogP contribution in [0.15, 0.2) is 42.5 Å². The molecule has 136 valence electrons. The van der Waals surface area contributed by atoms with Gasteiger partial charge >= 0.3 is 0 Å². The lowest BCUT2D eigenvalue weighted by Crippen LogP contribution is -2.41. The predicted molar refractivity (Wildman–Crippen MR) is 105 cm³/mol. The van der Waals surface area contributed by atoms with Crippen LogP contribution in [0.3, 0.4) is 0 Å². The van der Waals surface area contributed by atoms with Crippen molar-refractivity contribution >= 4 is 17.3 Å². The monoisotopic (exact) mass is 362 g/mol. The Labute approximate surface area is 155 Å². The molecule has 2 aromatic rings. The second-order valence-electron chi connectivity index (χ2n) is 5.92. The molecule has 0 saturated carbocycles. The highest BCUT2D eigenvalue weighted by Crippen LogP contribution is 2.28. The van der Waals surface area contributed by atoms with E-state index in [1.165, 1.54) is 5.56 Å². The highest BCUT2D eigenvalue weighted by Gasteiger charge is 2.13. The number of anilines is 1. The van der Waals surface area contributed by atoms with E-state index < -0.39 is 0 Å². The summed E-state index contributed by atoms with van der Waals surface area (Å²) in [6, 6.07) is 14.1. The van der Waals surface area contributed by atoms with Gasteiger partial charge in [0, 0.05) is 25.2 Å². The van der Waals surface area contributed by atoms with E-state index in [0.29, 0.717) is 0 Å². The Morgan fingerprint density at radius 1 is 0.960 bits per heavy atom. The van der Waals surface area contributed by atoms with Crippen molar-refractivity contribution in [1.29, 1.82) is 0 Å². The van der Waals surface area contributed by atoms with E-state index in [1.807, 2.05) is 30.3 Å². The minimum Gasteiger partial charge on any atom is -0.493 e. The molecule has 0 heterocycles. The van der Waals surface area contributed by atoms with Crippen molar-refractivity contribution in [3.8, 4) is 11.5 Å². The van der Waals surface area contributed by atoms with Crippen LogP contribution in [-0.2, 0) is 6.42 Å². The molecular formula is C20H27ClN2O2. The van der Waals surface area contributed by atoms with E-state index in [-0.39, 0.29) is 0 Å². The Hall–Kier alpha value is -1.91. The Morgan fingerprint density at radius 3 is 2.36 bits per heavy atom. The van der Waals surface area contributed by atoms with Crippen LogP contribution in [0, 0.1) is 0 Å². The van der Waals surface area contributed by atoms with E-state index >= 15 is 0 Å². The number of hydrazine groups is 1. The average Bonchev–Trinajstić information content (AvgIpc) is 2.63. The first kappa shape index (κ1) is 19.4. The first-order valence-electron chi connectivity index (χ1n) is 8.54. The Kier molecular flexibility index (Phi) is 7.41. The summed E-state index contributed by atoms with van der Waals surface area (Å²) in [7, 11) is 5.42. The van der Waals surface area contributed by atoms with Crippen molar-refractivity contribution in [1.82, 2.24) is 5.01 Å². The molecule has 2 rings (SSSR count). The molecule has 0 aliphatic carbocycles. The number of halogens is 1. The van der Waals surface area contributed by atoms with Crippen molar-refractivity contribution in [2.75, 3.05) is 39.4 Å². The third-order valence-corrected chi connectivity index (χ3v) is 4.36. The average molecular weight is 363 g/mol. The molecule has 0 fully saturated rings. The van der Waals surface area contributed by atoms with Gasteiger partial charge in [0.05, 0.1) is 19.9 Å². The van der Waals surface area contributed by atoms with E-state index in [9.17, 15) is 0 Å². The molecule has 0 N–H and O–H groups in total. The van der Waals surface area contributed by atoms with Crippen LogP contribution < -0.4 is 14.5 Å². The van der Waals surface area contributed by atoms with E-state index in [1.54, 1.807) is 14.2 Å². The van der Waals surface area contributed by atoms with Crippen LogP contribution in [-0.4, -0.2) is 39.4 Å². The third kappa shape index (κ3) is 5.28. The van der Waals surface area contributed by atoms with Crippen molar-refractivity contribution in [2.24, 2.45) is 0 Å². The maximum absolute atomic E-state index is 6.16. The van der Waals surface area contributed by atoms with Gasteiger partial charge in [-0.3, -0.25) is 0 Å². The zero-order valence-electron chi connectivity index (χ0n) is 15.5. The summed E-state index contributed by atoms with van der Waals surface area (Å²) in [5.41, 5.74) is 2.33. The molecule has 0 aliphatic heterocycles. The number of hydrogen-bond donors (Lipinski definition) is 0. The minimum absolute atomic E-state index is 0.756. The molecule has 0 amide bonds. The lowest BCUT2D eigenvalue weighted by Gasteiger charge is -2.34. The largest absolute Gasteiger partial charge is 0.493 e. The second kappa shape index (κ2) is 9.54. The summed E-state index contributed by atoms with van der Waals surface area (Å²) in [6.07, 6.45) is 1.98. The number of rotatable bonds is 9. The SMILES string of the molecule is CCCN(c1cccc(Cl)c1)N(C)CCc1ccc(OC)c(OC)c1. The van der Waals surface area contributed by atoms with Gasteiger partial charge < -0.3 is 14.5 Å². The number of nitrogens with zero attached hydrogens (tertiary/aromatic N) is 2. The van der Waals surface area contributed by atoms with E-state index in [2.05, 4.69) is 36.1 Å². The first-order valence-corrected chi connectivity index (χ1v) is 8.92. The van der Waals surface area contributed by atoms with Gasteiger partial charge in [0.15, 0.2) is 11.5 Å². The fraction of sp³-hybridized carbons (Fsp3) is 0.400. The van der Waals surface area contributed by atoms with Crippen LogP contribution in [0.2, 0.25) is 5.02 Å². The van der Waals surface area contributed by atoms with Crippen molar-refractivity contribution in [2.45, 2.75) is 19.8 Å². The number of likely N-dealkylation sites (N-methyl/N-ethyl adjacent to an activating group) is 1. The fourth-order valence-electron chi connectivity index (χ4n) is 2.79. The number of benzene rings is 2. The van der Waals surface area contributed by atoms with Crippen LogP contribution in [0.1, 0.15) is 18.9 Å². The molecule has 25 heavy (non-hydrogen) atoms. The van der Waals surface area contributed by atoms with Gasteiger partial charge in [-0.1, -0.05) is 30.7 Å². The van der Waals surface area contributed by atoms with Crippen LogP contribution in [0.25, 0.3) is 0 Å². The van der Waals surface area contributed by atoms with Gasteiger partial charge in [0.1, 0.15) is 0 Å². The van der Waals surface area contributed by atoms with Gasteiger partial charge in [0.25, 0.3) is 0 Å². The molecule has 0 saturated heterocycles. The van der Waals surface area contributed by atoms with Gasteiger partial charge in [0.2, 0.25) is 0 Å². The number of ether oxygens (including phenoxy) is 2. The van der Waals surface area contributed by atoms with Crippen LogP contribution >= 0.6 is 11.6 Å². The minimum atomic E-state index is 0.756. The Bertz CT molecular complexity index is 678. The molecule has 2 aromatic carbocycles. The smallest absolute Gasteiger partial charge is 0.160 e. The summed E-state index contributed by atoms with van der Waals surface area (Å²) in [5, 5.41) is 5.27. The maximum Gasteiger partial charge on any atom is 0.160 e. The van der Waals surface area contributed by atoms with Crippen molar-refractivity contribution < 1.29 is 9.47 Å². The predicted octanol–water partition coefficient (Wildman–Crippen LogP) is 4.66. The number of methoxy groups -OCH3 is 2. The fourth-order valence-corrected chi connectivity index (χ4v) is 2.98. The molecule has 0 spiro atoms.